The Morgan fingerprint density at radius 3 is 1.09 bits per heavy atom. The number of carbonyl (C=O) groups is 8. The third-order valence-electron chi connectivity index (χ3n) is 36.4. The van der Waals surface area contributed by atoms with Crippen molar-refractivity contribution in [3.05, 3.63) is 99.2 Å². The van der Waals surface area contributed by atoms with E-state index in [9.17, 15) is 38.4 Å². The Morgan fingerprint density at radius 2 is 0.712 bits per heavy atom. The van der Waals surface area contributed by atoms with Gasteiger partial charge in [0.2, 0.25) is 29.5 Å². The second kappa shape index (κ2) is 37.0. The highest BCUT2D eigenvalue weighted by Gasteiger charge is 2.66. The third-order valence-corrected chi connectivity index (χ3v) is 36.4. The van der Waals surface area contributed by atoms with E-state index in [-0.39, 0.29) is 65.8 Å². The second-order valence-corrected chi connectivity index (χ2v) is 42.8. The van der Waals surface area contributed by atoms with Crippen molar-refractivity contribution >= 4 is 47.4 Å². The minimum absolute atomic E-state index is 0.00690. The van der Waals surface area contributed by atoms with Crippen molar-refractivity contribution in [1.29, 1.82) is 0 Å². The van der Waals surface area contributed by atoms with E-state index in [1.807, 2.05) is 23.8 Å². The van der Waals surface area contributed by atoms with Gasteiger partial charge in [0.25, 0.3) is 0 Å². The number of hydrogen-bond donors (Lipinski definition) is 3. The van der Waals surface area contributed by atoms with Crippen LogP contribution in [0, 0.1) is 166 Å². The molecule has 22 aliphatic carbocycles. The van der Waals surface area contributed by atoms with Crippen molar-refractivity contribution in [3.63, 3.8) is 0 Å². The van der Waals surface area contributed by atoms with E-state index in [0.717, 1.165) is 174 Å². The molecule has 22 bridgehead atoms. The van der Waals surface area contributed by atoms with Crippen molar-refractivity contribution in [3.8, 4) is 0 Å². The minimum atomic E-state index is -0.220. The van der Waals surface area contributed by atoms with Crippen LogP contribution in [0.5, 0.6) is 0 Å². The Labute approximate surface area is 708 Å². The van der Waals surface area contributed by atoms with Gasteiger partial charge in [-0.1, -0.05) is 78.3 Å². The number of nitrogens with one attached hydrogen (secondary N) is 3. The van der Waals surface area contributed by atoms with Crippen LogP contribution in [0.3, 0.4) is 0 Å². The highest BCUT2D eigenvalue weighted by Crippen LogP contribution is 2.71. The van der Waals surface area contributed by atoms with E-state index in [4.69, 9.17) is 14.2 Å². The number of carbonyl (C=O) groups excluding carboxylic acids is 8. The summed E-state index contributed by atoms with van der Waals surface area (Å²) < 4.78 is 16.6. The van der Waals surface area contributed by atoms with Gasteiger partial charge >= 0.3 is 17.9 Å². The first kappa shape index (κ1) is 86.6. The van der Waals surface area contributed by atoms with E-state index >= 15 is 0 Å². The molecule has 0 radical (unpaired) electrons. The van der Waals surface area contributed by atoms with Gasteiger partial charge in [0, 0.05) is 72.2 Å². The summed E-state index contributed by atoms with van der Waals surface area (Å²) in [5.41, 5.74) is 2.37. The van der Waals surface area contributed by atoms with Crippen LogP contribution in [0.4, 0.5) is 0 Å². The van der Waals surface area contributed by atoms with Crippen LogP contribution in [0.1, 0.15) is 259 Å². The Bertz CT molecular complexity index is 3690. The lowest BCUT2D eigenvalue weighted by Gasteiger charge is -2.38. The van der Waals surface area contributed by atoms with Crippen molar-refractivity contribution in [2.75, 3.05) is 13.6 Å². The summed E-state index contributed by atoms with van der Waals surface area (Å²) in [5, 5.41) is 9.25. The SMILES string of the molecule is C=C(C)C(=O)N(CC)C1CC2CCC1C2.C=C(C)C(=O)NC1CC2CCC1C2.C=C(C)C(=O)OC1CC2CC1C1C3CCC(C3)C21.C=C(C)C(=O)OC1CC2CCC1C2.C=CC(=O)N(C)C1CC2CCC1C2.C=CC(=O)NC1CC2CC1C1C3CCC(C3)C21.C=CC(=O)NC1CC2CCC1C2.C=CC(=O)OC1CC2CC1C1C3CCC(C3)C21. The molecule has 5 amide bonds. The average molecular weight is 1620 g/mol. The van der Waals surface area contributed by atoms with Crippen LogP contribution in [-0.2, 0) is 52.6 Å². The van der Waals surface area contributed by atoms with Crippen molar-refractivity contribution in [2.45, 2.75) is 308 Å². The summed E-state index contributed by atoms with van der Waals surface area (Å²) in [5.74, 6) is 24.4. The number of amides is 5. The first-order valence-electron chi connectivity index (χ1n) is 47.9. The van der Waals surface area contributed by atoms with E-state index in [1.165, 1.54) is 230 Å². The predicted octanol–water partition coefficient (Wildman–Crippen LogP) is 18.4. The Morgan fingerprint density at radius 1 is 0.331 bits per heavy atom. The lowest BCUT2D eigenvalue weighted by molar-refractivity contribution is -0.149. The van der Waals surface area contributed by atoms with Gasteiger partial charge in [0.05, 0.1) is 0 Å². The van der Waals surface area contributed by atoms with E-state index in [1.54, 1.807) is 20.8 Å². The molecule has 36 unspecified atom stereocenters. The molecule has 0 aromatic rings. The zero-order chi connectivity index (χ0) is 83.4. The summed E-state index contributed by atoms with van der Waals surface area (Å²) in [6.07, 6.45) is 52.9. The Hall–Kier alpha value is -6.32. The normalized spacial score (nSPS) is 43.4. The van der Waals surface area contributed by atoms with Crippen LogP contribution < -0.4 is 16.0 Å². The molecule has 0 aromatic carbocycles. The Kier molecular flexibility index (Phi) is 27.2. The maximum Gasteiger partial charge on any atom is 0.333 e. The highest BCUT2D eigenvalue weighted by atomic mass is 16.6. The van der Waals surface area contributed by atoms with Gasteiger partial charge in [-0.15, -0.1) is 0 Å². The molecule has 0 spiro atoms. The monoisotopic (exact) mass is 1620 g/mol. The molecule has 3 N–H and O–H groups in total. The van der Waals surface area contributed by atoms with E-state index in [0.29, 0.717) is 70.3 Å². The molecule has 0 aliphatic heterocycles. The molecule has 0 saturated heterocycles. The van der Waals surface area contributed by atoms with Gasteiger partial charge in [-0.2, -0.15) is 0 Å². The van der Waals surface area contributed by atoms with Gasteiger partial charge in [-0.25, -0.2) is 14.4 Å². The van der Waals surface area contributed by atoms with Gasteiger partial charge in [0.15, 0.2) is 0 Å². The van der Waals surface area contributed by atoms with Crippen LogP contribution in [0.15, 0.2) is 99.2 Å². The smallest absolute Gasteiger partial charge is 0.333 e. The fourth-order valence-corrected chi connectivity index (χ4v) is 32.0. The summed E-state index contributed by atoms with van der Waals surface area (Å²) in [6.45, 7) is 38.7. The fraction of sp³-hybridized carbons (Fsp3) is 0.765. The molecule has 16 nitrogen and oxygen atoms in total. The zero-order valence-corrected chi connectivity index (χ0v) is 73.1. The topological polar surface area (TPSA) is 207 Å². The fourth-order valence-electron chi connectivity index (χ4n) is 32.0. The van der Waals surface area contributed by atoms with E-state index in [2.05, 4.69) is 75.5 Å². The van der Waals surface area contributed by atoms with Gasteiger partial charge in [-0.3, -0.25) is 24.0 Å². The largest absolute Gasteiger partial charge is 0.459 e. The quantitative estimate of drug-likeness (QED) is 0.0540. The molecule has 22 rings (SSSR count). The number of esters is 3. The maximum absolute atomic E-state index is 12.0. The maximum atomic E-state index is 12.0. The summed E-state index contributed by atoms with van der Waals surface area (Å²) in [4.78, 5) is 95.4. The van der Waals surface area contributed by atoms with Crippen molar-refractivity contribution < 1.29 is 52.6 Å². The molecular formula is C102H149N5O11. The lowest BCUT2D eigenvalue weighted by atomic mass is 9.69. The number of nitrogens with zero attached hydrogens (tertiary/aromatic N) is 2. The number of fused-ring (bicyclic) bond motifs is 37. The summed E-state index contributed by atoms with van der Waals surface area (Å²) in [6, 6.07) is 2.38. The lowest BCUT2D eigenvalue weighted by Crippen LogP contribution is -2.44. The Balaban J connectivity index is 0.000000106. The first-order chi connectivity index (χ1) is 56.7. The molecule has 0 heterocycles. The number of rotatable bonds is 17. The van der Waals surface area contributed by atoms with Crippen LogP contribution in [0.25, 0.3) is 0 Å². The molecule has 22 fully saturated rings. The van der Waals surface area contributed by atoms with Gasteiger partial charge in [-0.05, 0) is 418 Å². The van der Waals surface area contributed by atoms with Gasteiger partial charge < -0.3 is 40.0 Å². The second-order valence-electron chi connectivity index (χ2n) is 42.8. The first-order valence-corrected chi connectivity index (χ1v) is 47.9. The summed E-state index contributed by atoms with van der Waals surface area (Å²) in [7, 11) is 1.91. The van der Waals surface area contributed by atoms with E-state index < -0.39 is 0 Å². The minimum Gasteiger partial charge on any atom is -0.459 e. The molecule has 0 aromatic heterocycles. The molecule has 22 aliphatic rings. The molecule has 648 valence electrons. The molecular weight excluding hydrogens is 1470 g/mol. The number of hydrogen-bond acceptors (Lipinski definition) is 11. The zero-order valence-electron chi connectivity index (χ0n) is 73.1. The molecule has 36 atom stereocenters. The van der Waals surface area contributed by atoms with Gasteiger partial charge in [0.1, 0.15) is 18.3 Å². The molecule has 22 saturated carbocycles. The number of ether oxygens (including phenoxy) is 3. The molecule has 118 heavy (non-hydrogen) atoms. The molecule has 16 heteroatoms. The van der Waals surface area contributed by atoms with Crippen LogP contribution in [-0.4, -0.2) is 119 Å². The van der Waals surface area contributed by atoms with Crippen molar-refractivity contribution in [2.24, 2.45) is 166 Å². The van der Waals surface area contributed by atoms with Crippen LogP contribution in [0.2, 0.25) is 0 Å². The summed E-state index contributed by atoms with van der Waals surface area (Å²) >= 11 is 0. The number of likely N-dealkylation sites (N-methyl/N-ethyl adjacent to an activating group) is 2. The standard InChI is InChI=1S/C16H22O2.C15H21NO.C15H20O2.C13H21NO.2C11H17NO.C11H16O2.C10H15NO/c1-8(2)16(17)18-13-7-11-6-12(13)15-10-4-3-9(5-10)14(11)15;1-2-13(17)16-12-7-10-6-11(12)15-9-4-3-8(5-9)14(10)15;1-2-13(16)17-12-7-10-6-11(12)15-9-4-3-8(5-9)14(10)15;1-4-14(13(15)9(2)3)12-8-10-5-6-11(12)7-10;1-7(2)11(13)12-10-6-8-3-4-9(10)5-8;1-3-11(13)12(2)10-7-8-4-5-9(10)6-8;1-7(2)11(12)13-10-6-8-3-4-9(10)5-8;1-2-10(12)11-9-6-7-3-4-8(9)5-7/h9-15H,1,3-7H2,2H3;2,8-12,14-15H,1,3-7H2,(H,16,17);2,8-12,14-15H,1,3-7H2;10-12H,2,4-8H2,1,3H3;8-10H,1,3-6H2,2H3,(H,12,13);3,8-10H,1,4-7H2,2H3;8-10H,1,3-6H2,2H3;2,7-9H,1,3-6H2,(H,11,12). The average Bonchev–Trinajstić information content (AvgIpc) is 1.56. The third kappa shape index (κ3) is 18.1. The van der Waals surface area contributed by atoms with Crippen LogP contribution >= 0.6 is 0 Å². The highest BCUT2D eigenvalue weighted by molar-refractivity contribution is 5.93. The van der Waals surface area contributed by atoms with Crippen molar-refractivity contribution in [1.82, 2.24) is 25.8 Å². The predicted molar refractivity (Wildman–Crippen MR) is 463 cm³/mol.